The largest absolute Gasteiger partial charge is 0.455 e. The van der Waals surface area contributed by atoms with E-state index < -0.39 is 0 Å². The molecule has 0 aliphatic rings. The standard InChI is InChI=1S/C46H30N2O/c1-4-12-31(13-5-1)32-20-22-33(23-21-32)38-28-29-39(45-44(38)40-18-10-11-19-43(40)49-45)34-24-26-36(27-25-34)42-30-41(35-14-6-2-7-15-35)47-46(48-42)37-16-8-3-9-17-37/h1-30H. The Morgan fingerprint density at radius 1 is 0.347 bits per heavy atom. The minimum Gasteiger partial charge on any atom is -0.455 e. The van der Waals surface area contributed by atoms with Gasteiger partial charge in [-0.1, -0.05) is 164 Å². The Balaban J connectivity index is 1.13. The van der Waals surface area contributed by atoms with Crippen molar-refractivity contribution in [1.82, 2.24) is 9.97 Å². The van der Waals surface area contributed by atoms with Crippen LogP contribution in [0.1, 0.15) is 0 Å². The maximum Gasteiger partial charge on any atom is 0.160 e. The van der Waals surface area contributed by atoms with Gasteiger partial charge in [0.15, 0.2) is 5.82 Å². The van der Waals surface area contributed by atoms with Gasteiger partial charge in [0.2, 0.25) is 0 Å². The Bertz CT molecular complexity index is 2500. The van der Waals surface area contributed by atoms with Crippen molar-refractivity contribution in [2.24, 2.45) is 0 Å². The molecule has 230 valence electrons. The average molecular weight is 627 g/mol. The molecule has 2 aromatic heterocycles. The molecule has 0 aliphatic heterocycles. The fraction of sp³-hybridized carbons (Fsp3) is 0. The highest BCUT2D eigenvalue weighted by Gasteiger charge is 2.18. The zero-order valence-corrected chi connectivity index (χ0v) is 26.6. The van der Waals surface area contributed by atoms with Gasteiger partial charge in [-0.05, 0) is 46.0 Å². The summed E-state index contributed by atoms with van der Waals surface area (Å²) in [6, 6.07) is 63.2. The number of hydrogen-bond donors (Lipinski definition) is 0. The number of rotatable bonds is 6. The van der Waals surface area contributed by atoms with Gasteiger partial charge in [-0.15, -0.1) is 0 Å². The summed E-state index contributed by atoms with van der Waals surface area (Å²) in [7, 11) is 0. The van der Waals surface area contributed by atoms with Crippen LogP contribution >= 0.6 is 0 Å². The Morgan fingerprint density at radius 3 is 1.45 bits per heavy atom. The quantitative estimate of drug-likeness (QED) is 0.184. The van der Waals surface area contributed by atoms with E-state index in [2.05, 4.69) is 127 Å². The predicted octanol–water partition coefficient (Wildman–Crippen LogP) is 12.4. The molecule has 0 aliphatic carbocycles. The van der Waals surface area contributed by atoms with Gasteiger partial charge in [0.25, 0.3) is 0 Å². The lowest BCUT2D eigenvalue weighted by atomic mass is 9.93. The topological polar surface area (TPSA) is 38.9 Å². The van der Waals surface area contributed by atoms with Gasteiger partial charge >= 0.3 is 0 Å². The van der Waals surface area contributed by atoms with E-state index in [-0.39, 0.29) is 0 Å². The van der Waals surface area contributed by atoms with Crippen molar-refractivity contribution >= 4 is 21.9 Å². The number of aromatic nitrogens is 2. The Morgan fingerprint density at radius 2 is 0.796 bits per heavy atom. The molecule has 7 aromatic carbocycles. The minimum absolute atomic E-state index is 0.706. The molecule has 3 nitrogen and oxygen atoms in total. The average Bonchev–Trinajstić information content (AvgIpc) is 3.58. The van der Waals surface area contributed by atoms with Gasteiger partial charge in [0, 0.05) is 33.0 Å². The van der Waals surface area contributed by atoms with E-state index in [4.69, 9.17) is 14.4 Å². The molecule has 49 heavy (non-hydrogen) atoms. The molecule has 0 bridgehead atoms. The maximum atomic E-state index is 6.62. The van der Waals surface area contributed by atoms with E-state index in [0.29, 0.717) is 5.82 Å². The van der Waals surface area contributed by atoms with Crippen molar-refractivity contribution in [2.45, 2.75) is 0 Å². The second kappa shape index (κ2) is 12.2. The number of para-hydroxylation sites is 1. The molecule has 0 atom stereocenters. The molecule has 2 heterocycles. The second-order valence-corrected chi connectivity index (χ2v) is 12.2. The van der Waals surface area contributed by atoms with E-state index in [1.54, 1.807) is 0 Å². The van der Waals surface area contributed by atoms with Gasteiger partial charge in [-0.25, -0.2) is 9.97 Å². The number of hydrogen-bond acceptors (Lipinski definition) is 3. The summed E-state index contributed by atoms with van der Waals surface area (Å²) in [5.74, 6) is 0.706. The van der Waals surface area contributed by atoms with Crippen LogP contribution in [0.15, 0.2) is 186 Å². The summed E-state index contributed by atoms with van der Waals surface area (Å²) in [6.45, 7) is 0. The zero-order valence-electron chi connectivity index (χ0n) is 26.6. The first-order valence-corrected chi connectivity index (χ1v) is 16.5. The molecule has 0 N–H and O–H groups in total. The summed E-state index contributed by atoms with van der Waals surface area (Å²) < 4.78 is 6.62. The van der Waals surface area contributed by atoms with Gasteiger partial charge < -0.3 is 4.42 Å². The number of nitrogens with zero attached hydrogens (tertiary/aromatic N) is 2. The molecule has 9 rings (SSSR count). The van der Waals surface area contributed by atoms with E-state index in [0.717, 1.165) is 72.3 Å². The highest BCUT2D eigenvalue weighted by atomic mass is 16.3. The monoisotopic (exact) mass is 626 g/mol. The highest BCUT2D eigenvalue weighted by Crippen LogP contribution is 2.42. The van der Waals surface area contributed by atoms with E-state index in [9.17, 15) is 0 Å². The lowest BCUT2D eigenvalue weighted by molar-refractivity contribution is 0.670. The normalized spacial score (nSPS) is 11.3. The Kier molecular flexibility index (Phi) is 7.14. The zero-order chi connectivity index (χ0) is 32.6. The molecule has 0 unspecified atom stereocenters. The lowest BCUT2D eigenvalue weighted by Gasteiger charge is -2.11. The van der Waals surface area contributed by atoms with E-state index >= 15 is 0 Å². The van der Waals surface area contributed by atoms with Crippen LogP contribution in [0.3, 0.4) is 0 Å². The molecule has 0 saturated heterocycles. The fourth-order valence-electron chi connectivity index (χ4n) is 6.66. The van der Waals surface area contributed by atoms with Crippen LogP contribution in [0.5, 0.6) is 0 Å². The van der Waals surface area contributed by atoms with E-state index in [1.165, 1.54) is 11.1 Å². The molecule has 9 aromatic rings. The molecular formula is C46H30N2O. The third kappa shape index (κ3) is 5.38. The number of benzene rings is 7. The first kappa shape index (κ1) is 28.6. The van der Waals surface area contributed by atoms with Crippen molar-refractivity contribution in [3.63, 3.8) is 0 Å². The molecule has 0 amide bonds. The van der Waals surface area contributed by atoms with Crippen LogP contribution < -0.4 is 0 Å². The van der Waals surface area contributed by atoms with Crippen LogP contribution in [-0.4, -0.2) is 9.97 Å². The number of furan rings is 1. The third-order valence-electron chi connectivity index (χ3n) is 9.15. The summed E-state index contributed by atoms with van der Waals surface area (Å²) in [4.78, 5) is 9.97. The highest BCUT2D eigenvalue weighted by molar-refractivity contribution is 6.16. The number of fused-ring (bicyclic) bond motifs is 3. The van der Waals surface area contributed by atoms with Crippen LogP contribution in [0.25, 0.3) is 89.2 Å². The molecule has 0 spiro atoms. The van der Waals surface area contributed by atoms with Gasteiger partial charge in [0.1, 0.15) is 11.2 Å². The van der Waals surface area contributed by atoms with Crippen LogP contribution in [0.2, 0.25) is 0 Å². The SMILES string of the molecule is c1ccc(-c2ccc(-c3ccc(-c4ccc(-c5cc(-c6ccccc6)nc(-c6ccccc6)n5)cc4)c4oc5ccccc5c34)cc2)cc1. The fourth-order valence-corrected chi connectivity index (χ4v) is 6.66. The first-order chi connectivity index (χ1) is 24.3. The molecular weight excluding hydrogens is 597 g/mol. The molecule has 0 fully saturated rings. The minimum atomic E-state index is 0.706. The summed E-state index contributed by atoms with van der Waals surface area (Å²) in [6.07, 6.45) is 0. The Hall–Kier alpha value is -6.58. The smallest absolute Gasteiger partial charge is 0.160 e. The van der Waals surface area contributed by atoms with Crippen molar-refractivity contribution in [1.29, 1.82) is 0 Å². The van der Waals surface area contributed by atoms with Crippen molar-refractivity contribution in [3.05, 3.63) is 182 Å². The third-order valence-corrected chi connectivity index (χ3v) is 9.15. The van der Waals surface area contributed by atoms with Crippen molar-refractivity contribution < 1.29 is 4.42 Å². The predicted molar refractivity (Wildman–Crippen MR) is 202 cm³/mol. The molecule has 0 radical (unpaired) electrons. The Labute approximate surface area is 284 Å². The van der Waals surface area contributed by atoms with Crippen LogP contribution in [0.4, 0.5) is 0 Å². The summed E-state index contributed by atoms with van der Waals surface area (Å²) in [5.41, 5.74) is 13.5. The first-order valence-electron chi connectivity index (χ1n) is 16.5. The van der Waals surface area contributed by atoms with Gasteiger partial charge in [-0.3, -0.25) is 0 Å². The maximum absolute atomic E-state index is 6.62. The van der Waals surface area contributed by atoms with Crippen LogP contribution in [0, 0.1) is 0 Å². The van der Waals surface area contributed by atoms with Gasteiger partial charge in [-0.2, -0.15) is 0 Å². The van der Waals surface area contributed by atoms with Gasteiger partial charge in [0.05, 0.1) is 11.4 Å². The van der Waals surface area contributed by atoms with E-state index in [1.807, 2.05) is 54.6 Å². The molecule has 3 heteroatoms. The van der Waals surface area contributed by atoms with Crippen LogP contribution in [-0.2, 0) is 0 Å². The lowest BCUT2D eigenvalue weighted by Crippen LogP contribution is -1.95. The summed E-state index contributed by atoms with van der Waals surface area (Å²) in [5, 5.41) is 2.24. The van der Waals surface area contributed by atoms with Crippen molar-refractivity contribution in [3.8, 4) is 67.3 Å². The summed E-state index contributed by atoms with van der Waals surface area (Å²) >= 11 is 0. The van der Waals surface area contributed by atoms with Crippen molar-refractivity contribution in [2.75, 3.05) is 0 Å². The molecule has 0 saturated carbocycles. The second-order valence-electron chi connectivity index (χ2n) is 12.2.